The molecule has 2 aliphatic rings. The highest BCUT2D eigenvalue weighted by Gasteiger charge is 2.35. The molecule has 2 atom stereocenters. The quantitative estimate of drug-likeness (QED) is 0.851. The smallest absolute Gasteiger partial charge is 0.165 e. The van der Waals surface area contributed by atoms with Gasteiger partial charge in [-0.15, -0.1) is 0 Å². The van der Waals surface area contributed by atoms with E-state index in [2.05, 4.69) is 6.92 Å². The highest BCUT2D eigenvalue weighted by Crippen LogP contribution is 2.50. The highest BCUT2D eigenvalue weighted by atomic mass is 19.1. The van der Waals surface area contributed by atoms with E-state index in [0.29, 0.717) is 18.1 Å². The van der Waals surface area contributed by atoms with Crippen LogP contribution in [0.5, 0.6) is 11.5 Å². The molecule has 1 aromatic carbocycles. The SMILES string of the molecule is C[C@H](c1cc(F)c2c(c1O)[C@@H](C)CO2)C1CC1. The first-order chi connectivity index (χ1) is 8.09. The molecule has 1 aliphatic heterocycles. The Morgan fingerprint density at radius 3 is 2.82 bits per heavy atom. The van der Waals surface area contributed by atoms with E-state index in [1.807, 2.05) is 6.92 Å². The maximum absolute atomic E-state index is 13.9. The van der Waals surface area contributed by atoms with Gasteiger partial charge in [0.05, 0.1) is 6.61 Å². The van der Waals surface area contributed by atoms with Gasteiger partial charge in [0, 0.05) is 17.0 Å². The van der Waals surface area contributed by atoms with Gasteiger partial charge in [0.25, 0.3) is 0 Å². The summed E-state index contributed by atoms with van der Waals surface area (Å²) < 4.78 is 19.2. The van der Waals surface area contributed by atoms with Crippen molar-refractivity contribution in [3.63, 3.8) is 0 Å². The number of halogens is 1. The van der Waals surface area contributed by atoms with Crippen molar-refractivity contribution in [3.05, 3.63) is 23.0 Å². The summed E-state index contributed by atoms with van der Waals surface area (Å²) in [7, 11) is 0. The van der Waals surface area contributed by atoms with E-state index in [4.69, 9.17) is 4.74 Å². The molecule has 0 bridgehead atoms. The number of ether oxygens (including phenoxy) is 1. The van der Waals surface area contributed by atoms with E-state index < -0.39 is 0 Å². The fourth-order valence-electron chi connectivity index (χ4n) is 2.75. The lowest BCUT2D eigenvalue weighted by molar-refractivity contribution is 0.322. The zero-order chi connectivity index (χ0) is 12.2. The molecule has 0 unspecified atom stereocenters. The summed E-state index contributed by atoms with van der Waals surface area (Å²) in [4.78, 5) is 0. The zero-order valence-electron chi connectivity index (χ0n) is 10.2. The van der Waals surface area contributed by atoms with Crippen LogP contribution in [-0.4, -0.2) is 11.7 Å². The second kappa shape index (κ2) is 3.62. The van der Waals surface area contributed by atoms with Crippen molar-refractivity contribution >= 4 is 0 Å². The Morgan fingerprint density at radius 2 is 2.18 bits per heavy atom. The molecule has 1 heterocycles. The number of benzene rings is 1. The van der Waals surface area contributed by atoms with Crippen LogP contribution >= 0.6 is 0 Å². The van der Waals surface area contributed by atoms with Crippen LogP contribution in [-0.2, 0) is 0 Å². The van der Waals surface area contributed by atoms with E-state index in [1.54, 1.807) is 0 Å². The molecule has 0 amide bonds. The van der Waals surface area contributed by atoms with Crippen molar-refractivity contribution in [3.8, 4) is 11.5 Å². The Morgan fingerprint density at radius 1 is 1.47 bits per heavy atom. The van der Waals surface area contributed by atoms with Crippen LogP contribution in [0, 0.1) is 11.7 Å². The van der Waals surface area contributed by atoms with E-state index in [-0.39, 0.29) is 29.2 Å². The normalized spacial score (nSPS) is 24.3. The van der Waals surface area contributed by atoms with Gasteiger partial charge in [0.1, 0.15) is 5.75 Å². The number of hydrogen-bond donors (Lipinski definition) is 1. The predicted molar refractivity (Wildman–Crippen MR) is 63.1 cm³/mol. The molecule has 17 heavy (non-hydrogen) atoms. The van der Waals surface area contributed by atoms with Gasteiger partial charge in [0.15, 0.2) is 11.6 Å². The second-order valence-electron chi connectivity index (χ2n) is 5.38. The average Bonchev–Trinajstić information content (AvgIpc) is 3.06. The van der Waals surface area contributed by atoms with Crippen molar-refractivity contribution in [2.45, 2.75) is 38.5 Å². The Balaban J connectivity index is 2.11. The largest absolute Gasteiger partial charge is 0.507 e. The highest BCUT2D eigenvalue weighted by molar-refractivity contribution is 5.55. The minimum Gasteiger partial charge on any atom is -0.507 e. The lowest BCUT2D eigenvalue weighted by Gasteiger charge is -2.16. The molecule has 3 heteroatoms. The third-order valence-corrected chi connectivity index (χ3v) is 4.06. The minimum atomic E-state index is -0.329. The van der Waals surface area contributed by atoms with Crippen molar-refractivity contribution in [1.29, 1.82) is 0 Å². The van der Waals surface area contributed by atoms with Crippen molar-refractivity contribution in [2.75, 3.05) is 6.61 Å². The average molecular weight is 236 g/mol. The van der Waals surface area contributed by atoms with Gasteiger partial charge in [-0.2, -0.15) is 0 Å². The molecule has 1 saturated carbocycles. The Hall–Kier alpha value is -1.25. The number of aromatic hydroxyl groups is 1. The molecule has 1 N–H and O–H groups in total. The zero-order valence-corrected chi connectivity index (χ0v) is 10.2. The van der Waals surface area contributed by atoms with Crippen LogP contribution in [0.4, 0.5) is 4.39 Å². The molecule has 92 valence electrons. The van der Waals surface area contributed by atoms with Crippen LogP contribution in [0.15, 0.2) is 6.07 Å². The molecule has 1 aromatic rings. The summed E-state index contributed by atoms with van der Waals surface area (Å²) in [5.74, 6) is 1.10. The van der Waals surface area contributed by atoms with Gasteiger partial charge in [-0.1, -0.05) is 13.8 Å². The van der Waals surface area contributed by atoms with Crippen molar-refractivity contribution in [1.82, 2.24) is 0 Å². The number of hydrogen-bond acceptors (Lipinski definition) is 2. The summed E-state index contributed by atoms with van der Waals surface area (Å²) >= 11 is 0. The molecule has 0 spiro atoms. The van der Waals surface area contributed by atoms with Crippen molar-refractivity contribution < 1.29 is 14.2 Å². The van der Waals surface area contributed by atoms with Gasteiger partial charge < -0.3 is 9.84 Å². The minimum absolute atomic E-state index is 0.0749. The van der Waals surface area contributed by atoms with Crippen LogP contribution in [0.2, 0.25) is 0 Å². The first-order valence-electron chi connectivity index (χ1n) is 6.27. The fraction of sp³-hybridized carbons (Fsp3) is 0.571. The van der Waals surface area contributed by atoms with E-state index in [1.165, 1.54) is 18.9 Å². The molecule has 0 aromatic heterocycles. The molecule has 1 fully saturated rings. The van der Waals surface area contributed by atoms with Gasteiger partial charge in [0.2, 0.25) is 0 Å². The summed E-state index contributed by atoms with van der Waals surface area (Å²) in [5, 5.41) is 10.3. The van der Waals surface area contributed by atoms with E-state index in [9.17, 15) is 9.50 Å². The fourth-order valence-corrected chi connectivity index (χ4v) is 2.75. The lowest BCUT2D eigenvalue weighted by Crippen LogP contribution is -2.00. The van der Waals surface area contributed by atoms with Gasteiger partial charge in [-0.05, 0) is 30.7 Å². The Bertz CT molecular complexity index is 466. The number of rotatable bonds is 2. The molecule has 1 aliphatic carbocycles. The van der Waals surface area contributed by atoms with Crippen LogP contribution < -0.4 is 4.74 Å². The first-order valence-corrected chi connectivity index (χ1v) is 6.27. The van der Waals surface area contributed by atoms with Gasteiger partial charge in [-0.3, -0.25) is 0 Å². The van der Waals surface area contributed by atoms with Gasteiger partial charge in [-0.25, -0.2) is 4.39 Å². The van der Waals surface area contributed by atoms with E-state index >= 15 is 0 Å². The standard InChI is InChI=1S/C14H17FO2/c1-7-6-17-14-11(15)5-10(13(16)12(7)14)8(2)9-3-4-9/h5,7-9,16H,3-4,6H2,1-2H3/t7-,8-/m0/s1. The first kappa shape index (κ1) is 10.9. The molecule has 3 rings (SSSR count). The maximum atomic E-state index is 13.9. The number of phenols is 1. The molecule has 0 radical (unpaired) electrons. The number of phenolic OH excluding ortho intramolecular Hbond substituents is 1. The molecular weight excluding hydrogens is 219 g/mol. The molecular formula is C14H17FO2. The lowest BCUT2D eigenvalue weighted by atomic mass is 9.90. The summed E-state index contributed by atoms with van der Waals surface area (Å²) in [6, 6.07) is 1.45. The second-order valence-corrected chi connectivity index (χ2v) is 5.38. The predicted octanol–water partition coefficient (Wildman–Crippen LogP) is 3.54. The Labute approximate surface area is 100 Å². The van der Waals surface area contributed by atoms with Crippen LogP contribution in [0.1, 0.15) is 49.7 Å². The third kappa shape index (κ3) is 1.60. The number of fused-ring (bicyclic) bond motifs is 1. The van der Waals surface area contributed by atoms with Gasteiger partial charge >= 0.3 is 0 Å². The monoisotopic (exact) mass is 236 g/mol. The maximum Gasteiger partial charge on any atom is 0.165 e. The summed E-state index contributed by atoms with van der Waals surface area (Å²) in [5.41, 5.74) is 1.41. The van der Waals surface area contributed by atoms with Crippen LogP contribution in [0.3, 0.4) is 0 Å². The van der Waals surface area contributed by atoms with Crippen molar-refractivity contribution in [2.24, 2.45) is 5.92 Å². The molecule has 2 nitrogen and oxygen atoms in total. The summed E-state index contributed by atoms with van der Waals surface area (Å²) in [6.45, 7) is 4.48. The van der Waals surface area contributed by atoms with Crippen LogP contribution in [0.25, 0.3) is 0 Å². The summed E-state index contributed by atoms with van der Waals surface area (Å²) in [6.07, 6.45) is 2.37. The topological polar surface area (TPSA) is 29.5 Å². The third-order valence-electron chi connectivity index (χ3n) is 4.06. The molecule has 0 saturated heterocycles. The Kier molecular flexibility index (Phi) is 2.32. The van der Waals surface area contributed by atoms with E-state index in [0.717, 1.165) is 5.56 Å².